The molecule has 1 heterocycles. The van der Waals surface area contributed by atoms with E-state index in [9.17, 15) is 4.79 Å². The maximum atomic E-state index is 11.1. The van der Waals surface area contributed by atoms with E-state index in [0.717, 1.165) is 22.9 Å². The summed E-state index contributed by atoms with van der Waals surface area (Å²) in [5, 5.41) is 3.24. The Morgan fingerprint density at radius 3 is 2.82 bits per heavy atom. The van der Waals surface area contributed by atoms with Gasteiger partial charge in [0.25, 0.3) is 0 Å². The summed E-state index contributed by atoms with van der Waals surface area (Å²) in [6.45, 7) is 0.653. The van der Waals surface area contributed by atoms with Gasteiger partial charge < -0.3 is 9.72 Å². The second-order valence-electron chi connectivity index (χ2n) is 4.80. The summed E-state index contributed by atoms with van der Waals surface area (Å²) in [7, 11) is 0. The summed E-state index contributed by atoms with van der Waals surface area (Å²) >= 11 is 1.60. The first-order valence-corrected chi connectivity index (χ1v) is 8.09. The minimum Gasteiger partial charge on any atom is -0.494 e. The Morgan fingerprint density at radius 1 is 1.09 bits per heavy atom. The number of rotatable bonds is 6. The zero-order valence-electron chi connectivity index (χ0n) is 12.0. The summed E-state index contributed by atoms with van der Waals surface area (Å²) in [6.07, 6.45) is 2.43. The Labute approximate surface area is 132 Å². The zero-order valence-corrected chi connectivity index (χ0v) is 12.8. The lowest BCUT2D eigenvalue weighted by atomic mass is 10.1. The number of nitrogens with one attached hydrogen (secondary N) is 1. The Balaban J connectivity index is 1.47. The van der Waals surface area contributed by atoms with Gasteiger partial charge in [-0.25, -0.2) is 9.78 Å². The van der Waals surface area contributed by atoms with Crippen molar-refractivity contribution < 1.29 is 4.74 Å². The van der Waals surface area contributed by atoms with E-state index in [0.29, 0.717) is 6.61 Å². The van der Waals surface area contributed by atoms with Gasteiger partial charge in [0.1, 0.15) is 5.75 Å². The van der Waals surface area contributed by atoms with Gasteiger partial charge in [-0.3, -0.25) is 0 Å². The first kappa shape index (κ1) is 14.7. The molecule has 0 aliphatic rings. The second-order valence-corrected chi connectivity index (χ2v) is 5.94. The van der Waals surface area contributed by atoms with Crippen molar-refractivity contribution in [2.75, 3.05) is 12.4 Å². The highest BCUT2D eigenvalue weighted by Gasteiger charge is 1.99. The van der Waals surface area contributed by atoms with Gasteiger partial charge in [0.15, 0.2) is 0 Å². The number of fused-ring (bicyclic) bond motifs is 1. The van der Waals surface area contributed by atoms with Crippen LogP contribution in [0.1, 0.15) is 6.42 Å². The minimum absolute atomic E-state index is 0.308. The summed E-state index contributed by atoms with van der Waals surface area (Å²) in [5.41, 5.74) is -0.308. The van der Waals surface area contributed by atoms with Crippen molar-refractivity contribution in [2.45, 2.75) is 11.4 Å². The number of aromatic nitrogens is 2. The van der Waals surface area contributed by atoms with E-state index in [1.165, 1.54) is 17.0 Å². The number of aromatic amines is 1. The molecule has 0 unspecified atom stereocenters. The van der Waals surface area contributed by atoms with Gasteiger partial charge in [0.2, 0.25) is 0 Å². The monoisotopic (exact) mass is 312 g/mol. The molecule has 0 bridgehead atoms. The topological polar surface area (TPSA) is 55.0 Å². The van der Waals surface area contributed by atoms with Crippen molar-refractivity contribution >= 4 is 22.5 Å². The number of benzene rings is 2. The molecular weight excluding hydrogens is 296 g/mol. The Kier molecular flexibility index (Phi) is 4.75. The largest absolute Gasteiger partial charge is 0.494 e. The molecule has 0 fully saturated rings. The molecule has 3 aromatic rings. The van der Waals surface area contributed by atoms with Crippen LogP contribution in [0.3, 0.4) is 0 Å². The number of hydrogen-bond donors (Lipinski definition) is 1. The molecule has 0 spiro atoms. The molecule has 1 N–H and O–H groups in total. The van der Waals surface area contributed by atoms with Crippen molar-refractivity contribution in [1.29, 1.82) is 0 Å². The van der Waals surface area contributed by atoms with Crippen LogP contribution in [0, 0.1) is 0 Å². The highest BCUT2D eigenvalue weighted by Crippen LogP contribution is 2.21. The lowest BCUT2D eigenvalue weighted by molar-refractivity contribution is 0.319. The summed E-state index contributed by atoms with van der Waals surface area (Å²) in [6, 6.07) is 16.2. The molecule has 1 aromatic heterocycles. The van der Waals surface area contributed by atoms with E-state index >= 15 is 0 Å². The standard InChI is InChI=1S/C17H16N2O2S/c20-17-18-9-8-16(19-17)22-11-3-10-21-15-7-6-13-4-1-2-5-14(13)12-15/h1-2,4-9,12H,3,10-11H2,(H,18,19,20). The lowest BCUT2D eigenvalue weighted by Crippen LogP contribution is -2.09. The van der Waals surface area contributed by atoms with Crippen molar-refractivity contribution in [3.63, 3.8) is 0 Å². The second kappa shape index (κ2) is 7.13. The third kappa shape index (κ3) is 3.89. The molecular formula is C17H16N2O2S. The smallest absolute Gasteiger partial charge is 0.345 e. The first-order chi connectivity index (χ1) is 10.8. The predicted octanol–water partition coefficient (Wildman–Crippen LogP) is 3.48. The molecule has 0 saturated heterocycles. The van der Waals surface area contributed by atoms with Crippen molar-refractivity contribution in [2.24, 2.45) is 0 Å². The van der Waals surface area contributed by atoms with E-state index in [1.54, 1.807) is 17.8 Å². The number of hydrogen-bond acceptors (Lipinski definition) is 4. The quantitative estimate of drug-likeness (QED) is 0.430. The molecule has 0 radical (unpaired) electrons. The molecule has 5 heteroatoms. The van der Waals surface area contributed by atoms with E-state index in [2.05, 4.69) is 34.2 Å². The van der Waals surface area contributed by atoms with Crippen molar-refractivity contribution in [1.82, 2.24) is 9.97 Å². The van der Waals surface area contributed by atoms with Crippen LogP contribution in [0.5, 0.6) is 5.75 Å². The van der Waals surface area contributed by atoms with Crippen LogP contribution in [-0.4, -0.2) is 22.3 Å². The molecule has 112 valence electrons. The molecule has 0 aliphatic carbocycles. The molecule has 0 aliphatic heterocycles. The lowest BCUT2D eigenvalue weighted by Gasteiger charge is -2.07. The van der Waals surface area contributed by atoms with Gasteiger partial charge in [0.05, 0.1) is 11.6 Å². The maximum Gasteiger partial charge on any atom is 0.345 e. The van der Waals surface area contributed by atoms with Gasteiger partial charge in [-0.05, 0) is 35.4 Å². The molecule has 0 atom stereocenters. The van der Waals surface area contributed by atoms with Crippen LogP contribution in [0.25, 0.3) is 10.8 Å². The van der Waals surface area contributed by atoms with Gasteiger partial charge >= 0.3 is 5.69 Å². The summed E-state index contributed by atoms with van der Waals surface area (Å²) < 4.78 is 5.78. The first-order valence-electron chi connectivity index (χ1n) is 7.11. The van der Waals surface area contributed by atoms with E-state index in [4.69, 9.17) is 4.74 Å². The highest BCUT2D eigenvalue weighted by atomic mass is 32.2. The normalized spacial score (nSPS) is 10.7. The predicted molar refractivity (Wildman–Crippen MR) is 89.6 cm³/mol. The third-order valence-electron chi connectivity index (χ3n) is 3.18. The molecule has 4 nitrogen and oxygen atoms in total. The molecule has 22 heavy (non-hydrogen) atoms. The molecule has 0 amide bonds. The van der Waals surface area contributed by atoms with E-state index in [1.807, 2.05) is 18.2 Å². The van der Waals surface area contributed by atoms with E-state index in [-0.39, 0.29) is 5.69 Å². The molecule has 3 rings (SSSR count). The fourth-order valence-corrected chi connectivity index (χ4v) is 2.92. The minimum atomic E-state index is -0.308. The Bertz CT molecular complexity index is 817. The summed E-state index contributed by atoms with van der Waals surface area (Å²) in [4.78, 5) is 17.4. The van der Waals surface area contributed by atoms with Crippen LogP contribution in [0.15, 0.2) is 64.5 Å². The van der Waals surface area contributed by atoms with Crippen LogP contribution < -0.4 is 10.4 Å². The van der Waals surface area contributed by atoms with Crippen molar-refractivity contribution in [3.8, 4) is 5.75 Å². The highest BCUT2D eigenvalue weighted by molar-refractivity contribution is 7.99. The van der Waals surface area contributed by atoms with Gasteiger partial charge in [0, 0.05) is 11.9 Å². The van der Waals surface area contributed by atoms with Crippen molar-refractivity contribution in [3.05, 3.63) is 65.2 Å². The number of H-pyrrole nitrogens is 1. The van der Waals surface area contributed by atoms with Gasteiger partial charge in [-0.2, -0.15) is 0 Å². The third-order valence-corrected chi connectivity index (χ3v) is 4.23. The fraction of sp³-hybridized carbons (Fsp3) is 0.176. The average Bonchev–Trinajstić information content (AvgIpc) is 2.54. The fourth-order valence-electron chi connectivity index (χ4n) is 2.12. The molecule has 0 saturated carbocycles. The van der Waals surface area contributed by atoms with Crippen LogP contribution in [0.2, 0.25) is 0 Å². The number of thioether (sulfide) groups is 1. The summed E-state index contributed by atoms with van der Waals surface area (Å²) in [5.74, 6) is 1.77. The number of nitrogens with zero attached hydrogens (tertiary/aromatic N) is 1. The SMILES string of the molecule is O=c1nccc(SCCCOc2ccc3ccccc3c2)[nH]1. The number of ether oxygens (including phenoxy) is 1. The van der Waals surface area contributed by atoms with Gasteiger partial charge in [-0.1, -0.05) is 30.3 Å². The van der Waals surface area contributed by atoms with Crippen LogP contribution in [-0.2, 0) is 0 Å². The van der Waals surface area contributed by atoms with E-state index < -0.39 is 0 Å². The van der Waals surface area contributed by atoms with Gasteiger partial charge in [-0.15, -0.1) is 11.8 Å². The molecule has 2 aromatic carbocycles. The maximum absolute atomic E-state index is 11.1. The Morgan fingerprint density at radius 2 is 1.95 bits per heavy atom. The van der Waals surface area contributed by atoms with Crippen LogP contribution >= 0.6 is 11.8 Å². The average molecular weight is 312 g/mol. The Hall–Kier alpha value is -2.27. The van der Waals surface area contributed by atoms with Crippen LogP contribution in [0.4, 0.5) is 0 Å². The zero-order chi connectivity index (χ0) is 15.2.